The zero-order valence-electron chi connectivity index (χ0n) is 23.4. The van der Waals surface area contributed by atoms with Gasteiger partial charge in [0.1, 0.15) is 6.10 Å². The van der Waals surface area contributed by atoms with E-state index in [1.54, 1.807) is 23.1 Å². The van der Waals surface area contributed by atoms with Crippen molar-refractivity contribution in [3.05, 3.63) is 101 Å². The first kappa shape index (κ1) is 29.5. The predicted molar refractivity (Wildman–Crippen MR) is 163 cm³/mol. The van der Waals surface area contributed by atoms with E-state index >= 15 is 0 Å². The molecule has 1 aromatic heterocycles. The van der Waals surface area contributed by atoms with Crippen LogP contribution in [0.4, 0.5) is 5.95 Å². The number of fused-ring (bicyclic) bond motifs is 6. The molecule has 1 fully saturated rings. The SMILES string of the molecule is Cc1cccc(C)c1-c1cc2nc(n1)NS(=O)(=O)c1cccc(c1)C(=O)N1CCN(Cc3ccccc3)CC(C1)O2.Cl. The van der Waals surface area contributed by atoms with Crippen molar-refractivity contribution in [2.24, 2.45) is 0 Å². The molecule has 0 spiro atoms. The number of halogens is 1. The summed E-state index contributed by atoms with van der Waals surface area (Å²) in [7, 11) is -4.08. The van der Waals surface area contributed by atoms with Gasteiger partial charge in [0.05, 0.1) is 17.1 Å². The minimum Gasteiger partial charge on any atom is -0.471 e. The van der Waals surface area contributed by atoms with Gasteiger partial charge in [-0.25, -0.2) is 18.1 Å². The molecule has 3 aromatic carbocycles. The van der Waals surface area contributed by atoms with E-state index in [4.69, 9.17) is 4.74 Å². The van der Waals surface area contributed by atoms with Crippen molar-refractivity contribution in [1.82, 2.24) is 19.8 Å². The minimum atomic E-state index is -4.08. The Morgan fingerprint density at radius 1 is 0.905 bits per heavy atom. The summed E-state index contributed by atoms with van der Waals surface area (Å²) < 4.78 is 35.8. The molecule has 6 bridgehead atoms. The fourth-order valence-corrected chi connectivity index (χ4v) is 6.48. The molecule has 1 saturated heterocycles. The first-order valence-corrected chi connectivity index (χ1v) is 15.0. The second-order valence-electron chi connectivity index (χ2n) is 10.5. The van der Waals surface area contributed by atoms with Gasteiger partial charge in [0.2, 0.25) is 11.8 Å². The second-order valence-corrected chi connectivity index (χ2v) is 12.2. The van der Waals surface area contributed by atoms with Gasteiger partial charge in [-0.05, 0) is 48.7 Å². The largest absolute Gasteiger partial charge is 0.471 e. The number of aryl methyl sites for hydroxylation is 2. The average molecular weight is 606 g/mol. The van der Waals surface area contributed by atoms with E-state index in [1.807, 2.05) is 50.2 Å². The third kappa shape index (κ3) is 6.25. The zero-order chi connectivity index (χ0) is 28.6. The van der Waals surface area contributed by atoms with Crippen molar-refractivity contribution in [3.8, 4) is 17.1 Å². The molecule has 42 heavy (non-hydrogen) atoms. The third-order valence-corrected chi connectivity index (χ3v) is 8.78. The first-order valence-electron chi connectivity index (χ1n) is 13.6. The van der Waals surface area contributed by atoms with E-state index in [0.29, 0.717) is 44.0 Å². The lowest BCUT2D eigenvalue weighted by molar-refractivity contribution is 0.0690. The first-order chi connectivity index (χ1) is 19.7. The number of ether oxygens (including phenoxy) is 1. The van der Waals surface area contributed by atoms with E-state index in [1.165, 1.54) is 17.7 Å². The quantitative estimate of drug-likeness (QED) is 0.361. The molecular formula is C31H32ClN5O4S. The smallest absolute Gasteiger partial charge is 0.264 e. The molecule has 1 unspecified atom stereocenters. The second kappa shape index (κ2) is 12.1. The number of rotatable bonds is 3. The fraction of sp³-hybridized carbons (Fsp3) is 0.258. The Morgan fingerprint density at radius 3 is 2.40 bits per heavy atom. The number of benzene rings is 3. The van der Waals surface area contributed by atoms with Gasteiger partial charge < -0.3 is 9.64 Å². The van der Waals surface area contributed by atoms with Crippen molar-refractivity contribution in [2.45, 2.75) is 31.4 Å². The Bertz CT molecular complexity index is 1700. The fourth-order valence-electron chi connectivity index (χ4n) is 5.49. The number of carbonyl (C=O) groups is 1. The summed E-state index contributed by atoms with van der Waals surface area (Å²) in [4.78, 5) is 26.7. The summed E-state index contributed by atoms with van der Waals surface area (Å²) in [5.41, 5.74) is 4.89. The van der Waals surface area contributed by atoms with Gasteiger partial charge in [-0.2, -0.15) is 4.98 Å². The molecule has 1 amide bonds. The maximum Gasteiger partial charge on any atom is 0.264 e. The summed E-state index contributed by atoms with van der Waals surface area (Å²) in [6, 6.07) is 23.9. The van der Waals surface area contributed by atoms with Crippen molar-refractivity contribution in [3.63, 3.8) is 0 Å². The van der Waals surface area contributed by atoms with Crippen molar-refractivity contribution < 1.29 is 17.9 Å². The lowest BCUT2D eigenvalue weighted by Gasteiger charge is -2.25. The van der Waals surface area contributed by atoms with Crippen molar-refractivity contribution in [2.75, 3.05) is 30.9 Å². The lowest BCUT2D eigenvalue weighted by Crippen LogP contribution is -2.40. The van der Waals surface area contributed by atoms with E-state index in [-0.39, 0.29) is 35.0 Å². The van der Waals surface area contributed by atoms with Crippen LogP contribution in [0.3, 0.4) is 0 Å². The average Bonchev–Trinajstić information content (AvgIpc) is 3.14. The molecule has 9 nitrogen and oxygen atoms in total. The molecule has 4 aromatic rings. The van der Waals surface area contributed by atoms with Gasteiger partial charge in [0, 0.05) is 43.4 Å². The Morgan fingerprint density at radius 2 is 1.64 bits per heavy atom. The summed E-state index contributed by atoms with van der Waals surface area (Å²) in [6.45, 7) is 6.68. The Hall–Kier alpha value is -3.99. The van der Waals surface area contributed by atoms with Crippen LogP contribution in [0.15, 0.2) is 83.8 Å². The van der Waals surface area contributed by atoms with E-state index in [0.717, 1.165) is 16.7 Å². The van der Waals surface area contributed by atoms with Gasteiger partial charge >= 0.3 is 0 Å². The predicted octanol–water partition coefficient (Wildman–Crippen LogP) is 4.70. The molecule has 3 heterocycles. The molecule has 1 N–H and O–H groups in total. The van der Waals surface area contributed by atoms with Gasteiger partial charge in [0.25, 0.3) is 15.9 Å². The molecule has 6 rings (SSSR count). The van der Waals surface area contributed by atoms with Crippen LogP contribution in [-0.2, 0) is 16.6 Å². The van der Waals surface area contributed by atoms with Crippen molar-refractivity contribution >= 4 is 34.3 Å². The van der Waals surface area contributed by atoms with Crippen LogP contribution in [0.1, 0.15) is 27.0 Å². The topological polar surface area (TPSA) is 105 Å². The van der Waals surface area contributed by atoms with E-state index in [2.05, 4.69) is 31.7 Å². The highest BCUT2D eigenvalue weighted by molar-refractivity contribution is 7.92. The number of anilines is 1. The van der Waals surface area contributed by atoms with Crippen LogP contribution in [0.2, 0.25) is 0 Å². The number of hydrogen-bond donors (Lipinski definition) is 1. The Labute approximate surface area is 252 Å². The number of nitrogens with zero attached hydrogens (tertiary/aromatic N) is 4. The summed E-state index contributed by atoms with van der Waals surface area (Å²) >= 11 is 0. The monoisotopic (exact) mass is 605 g/mol. The van der Waals surface area contributed by atoms with E-state index in [9.17, 15) is 13.2 Å². The van der Waals surface area contributed by atoms with Crippen molar-refractivity contribution in [1.29, 1.82) is 0 Å². The van der Waals surface area contributed by atoms with Gasteiger partial charge in [-0.1, -0.05) is 54.6 Å². The molecule has 2 aliphatic heterocycles. The number of carbonyl (C=O) groups excluding carboxylic acids is 1. The van der Waals surface area contributed by atoms with E-state index < -0.39 is 16.1 Å². The summed E-state index contributed by atoms with van der Waals surface area (Å²) in [5, 5.41) is 0. The highest BCUT2D eigenvalue weighted by Gasteiger charge is 2.30. The Balaban J connectivity index is 0.00000353. The molecule has 11 heteroatoms. The summed E-state index contributed by atoms with van der Waals surface area (Å²) in [6.07, 6.45) is -0.417. The molecule has 0 aliphatic carbocycles. The van der Waals surface area contributed by atoms with Crippen LogP contribution in [-0.4, -0.2) is 66.4 Å². The standard InChI is InChI=1S/C31H31N5O4S.ClH/c1-21-8-6-9-22(2)29(21)27-17-28-33-31(32-27)34-41(38,39)26-13-7-12-24(16-26)30(37)36-15-14-35(19-25(20-36)40-28)18-23-10-4-3-5-11-23;/h3-13,16-17,25H,14-15,18-20H2,1-2H3,(H,32,33,34);1H. The molecule has 1 atom stereocenters. The molecule has 0 radical (unpaired) electrons. The zero-order valence-corrected chi connectivity index (χ0v) is 25.0. The lowest BCUT2D eigenvalue weighted by atomic mass is 10.00. The summed E-state index contributed by atoms with van der Waals surface area (Å²) in [5.74, 6) is -0.103. The van der Waals surface area contributed by atoms with Gasteiger partial charge in [-0.3, -0.25) is 9.69 Å². The molecule has 218 valence electrons. The number of hydrogen-bond acceptors (Lipinski definition) is 7. The molecular weight excluding hydrogens is 574 g/mol. The molecule has 0 saturated carbocycles. The van der Waals surface area contributed by atoms with Gasteiger partial charge in [0.15, 0.2) is 0 Å². The number of amides is 1. The molecule has 2 aliphatic rings. The minimum absolute atomic E-state index is 0. The third-order valence-electron chi connectivity index (χ3n) is 7.45. The highest BCUT2D eigenvalue weighted by atomic mass is 35.5. The maximum atomic E-state index is 13.7. The highest BCUT2D eigenvalue weighted by Crippen LogP contribution is 2.30. The van der Waals surface area contributed by atoms with Gasteiger partial charge in [-0.15, -0.1) is 12.4 Å². The Kier molecular flexibility index (Phi) is 8.49. The van der Waals surface area contributed by atoms with Crippen LogP contribution < -0.4 is 9.46 Å². The van der Waals surface area contributed by atoms with Crippen LogP contribution >= 0.6 is 12.4 Å². The van der Waals surface area contributed by atoms with Crippen LogP contribution in [0.25, 0.3) is 11.3 Å². The maximum absolute atomic E-state index is 13.7. The number of aromatic nitrogens is 2. The van der Waals surface area contributed by atoms with Crippen LogP contribution in [0.5, 0.6) is 5.88 Å². The van der Waals surface area contributed by atoms with Crippen LogP contribution in [0, 0.1) is 13.8 Å². The number of sulfonamides is 1. The number of nitrogens with one attached hydrogen (secondary N) is 1. The normalized spacial score (nSPS) is 18.2.